The molecule has 1 atom stereocenters. The summed E-state index contributed by atoms with van der Waals surface area (Å²) >= 11 is 12.2. The number of likely N-dealkylation sites (tertiary alicyclic amines) is 1. The monoisotopic (exact) mass is 379 g/mol. The SMILES string of the molecule is COc1ccc(OC)c([C@H]2CCCN2C(=O)c2ccc(Cl)cc2Cl)c1. The van der Waals surface area contributed by atoms with Crippen LogP contribution in [-0.2, 0) is 0 Å². The molecule has 0 saturated carbocycles. The number of amides is 1. The van der Waals surface area contributed by atoms with Crippen molar-refractivity contribution in [2.24, 2.45) is 0 Å². The number of carbonyl (C=O) groups is 1. The first-order valence-electron chi connectivity index (χ1n) is 8.03. The summed E-state index contributed by atoms with van der Waals surface area (Å²) in [6.07, 6.45) is 1.78. The fourth-order valence-corrected chi connectivity index (χ4v) is 3.74. The van der Waals surface area contributed by atoms with E-state index in [0.717, 1.165) is 29.9 Å². The van der Waals surface area contributed by atoms with Gasteiger partial charge in [0.1, 0.15) is 11.5 Å². The minimum atomic E-state index is -0.103. The van der Waals surface area contributed by atoms with Gasteiger partial charge >= 0.3 is 0 Å². The van der Waals surface area contributed by atoms with E-state index in [2.05, 4.69) is 0 Å². The van der Waals surface area contributed by atoms with Crippen LogP contribution in [0.1, 0.15) is 34.8 Å². The minimum Gasteiger partial charge on any atom is -0.497 e. The highest BCUT2D eigenvalue weighted by atomic mass is 35.5. The summed E-state index contributed by atoms with van der Waals surface area (Å²) in [5, 5.41) is 0.870. The van der Waals surface area contributed by atoms with Crippen LogP contribution in [0.5, 0.6) is 11.5 Å². The van der Waals surface area contributed by atoms with Gasteiger partial charge in [0.25, 0.3) is 5.91 Å². The van der Waals surface area contributed by atoms with Gasteiger partial charge in [0, 0.05) is 17.1 Å². The van der Waals surface area contributed by atoms with Crippen molar-refractivity contribution < 1.29 is 14.3 Å². The van der Waals surface area contributed by atoms with Crippen LogP contribution >= 0.6 is 23.2 Å². The highest BCUT2D eigenvalue weighted by Crippen LogP contribution is 2.40. The van der Waals surface area contributed by atoms with E-state index in [1.165, 1.54) is 0 Å². The van der Waals surface area contributed by atoms with Crippen molar-refractivity contribution in [3.63, 3.8) is 0 Å². The molecule has 0 unspecified atom stereocenters. The Labute approximate surface area is 157 Å². The van der Waals surface area contributed by atoms with Crippen LogP contribution in [0.3, 0.4) is 0 Å². The predicted molar refractivity (Wildman–Crippen MR) is 99.0 cm³/mol. The fourth-order valence-electron chi connectivity index (χ4n) is 3.25. The van der Waals surface area contributed by atoms with Gasteiger partial charge in [-0.1, -0.05) is 23.2 Å². The van der Waals surface area contributed by atoms with Crippen LogP contribution in [0.15, 0.2) is 36.4 Å². The Bertz CT molecular complexity index is 794. The molecule has 25 heavy (non-hydrogen) atoms. The standard InChI is InChI=1S/C19H19Cl2NO3/c1-24-13-6-8-18(25-2)15(11-13)17-4-3-9-22(17)19(23)14-7-5-12(20)10-16(14)21/h5-8,10-11,17H,3-4,9H2,1-2H3/t17-/m1/s1. The number of halogens is 2. The molecule has 2 aromatic carbocycles. The summed E-state index contributed by atoms with van der Waals surface area (Å²) in [7, 11) is 3.25. The number of hydrogen-bond donors (Lipinski definition) is 0. The van der Waals surface area contributed by atoms with E-state index in [1.807, 2.05) is 23.1 Å². The first-order valence-corrected chi connectivity index (χ1v) is 8.78. The van der Waals surface area contributed by atoms with Crippen LogP contribution in [0, 0.1) is 0 Å². The van der Waals surface area contributed by atoms with Crippen molar-refractivity contribution in [3.05, 3.63) is 57.6 Å². The molecule has 0 bridgehead atoms. The zero-order chi connectivity index (χ0) is 18.0. The number of rotatable bonds is 4. The van der Waals surface area contributed by atoms with Gasteiger partial charge in [-0.25, -0.2) is 0 Å². The number of benzene rings is 2. The molecule has 6 heteroatoms. The molecule has 0 aromatic heterocycles. The highest BCUT2D eigenvalue weighted by Gasteiger charge is 2.33. The third-order valence-corrected chi connectivity index (χ3v) is 5.02. The quantitative estimate of drug-likeness (QED) is 0.750. The second-order valence-electron chi connectivity index (χ2n) is 5.89. The van der Waals surface area contributed by atoms with E-state index in [-0.39, 0.29) is 11.9 Å². The number of ether oxygens (including phenoxy) is 2. The molecule has 4 nitrogen and oxygen atoms in total. The Morgan fingerprint density at radius 1 is 1.12 bits per heavy atom. The Hall–Kier alpha value is -1.91. The first-order chi connectivity index (χ1) is 12.0. The summed E-state index contributed by atoms with van der Waals surface area (Å²) in [6, 6.07) is 10.5. The van der Waals surface area contributed by atoms with Crippen LogP contribution in [0.25, 0.3) is 0 Å². The molecule has 0 radical (unpaired) electrons. The van der Waals surface area contributed by atoms with Gasteiger partial charge in [-0.2, -0.15) is 0 Å². The minimum absolute atomic E-state index is 0.0794. The van der Waals surface area contributed by atoms with Gasteiger partial charge in [-0.3, -0.25) is 4.79 Å². The Morgan fingerprint density at radius 2 is 1.92 bits per heavy atom. The molecule has 2 aromatic rings. The van der Waals surface area contributed by atoms with E-state index >= 15 is 0 Å². The lowest BCUT2D eigenvalue weighted by atomic mass is 10.0. The zero-order valence-electron chi connectivity index (χ0n) is 14.1. The summed E-state index contributed by atoms with van der Waals surface area (Å²) in [5.74, 6) is 1.38. The van der Waals surface area contributed by atoms with Crippen LogP contribution < -0.4 is 9.47 Å². The number of carbonyl (C=O) groups excluding carboxylic acids is 1. The largest absolute Gasteiger partial charge is 0.497 e. The molecule has 0 aliphatic carbocycles. The number of hydrogen-bond acceptors (Lipinski definition) is 3. The molecule has 1 aliphatic rings. The van der Waals surface area contributed by atoms with Crippen molar-refractivity contribution in [2.75, 3.05) is 20.8 Å². The van der Waals surface area contributed by atoms with E-state index in [0.29, 0.717) is 22.2 Å². The molecule has 1 amide bonds. The van der Waals surface area contributed by atoms with Gasteiger partial charge in [0.2, 0.25) is 0 Å². The molecule has 1 fully saturated rings. The van der Waals surface area contributed by atoms with Crippen LogP contribution in [0.4, 0.5) is 0 Å². The molecule has 132 valence electrons. The Kier molecular flexibility index (Phi) is 5.40. The smallest absolute Gasteiger partial charge is 0.255 e. The second-order valence-corrected chi connectivity index (χ2v) is 6.73. The van der Waals surface area contributed by atoms with Crippen molar-refractivity contribution in [1.82, 2.24) is 4.90 Å². The van der Waals surface area contributed by atoms with Gasteiger partial charge < -0.3 is 14.4 Å². The normalized spacial score (nSPS) is 16.8. The molecular weight excluding hydrogens is 361 g/mol. The van der Waals surface area contributed by atoms with Crippen molar-refractivity contribution in [3.8, 4) is 11.5 Å². The summed E-state index contributed by atoms with van der Waals surface area (Å²) in [5.41, 5.74) is 1.40. The lowest BCUT2D eigenvalue weighted by Crippen LogP contribution is -2.31. The van der Waals surface area contributed by atoms with E-state index in [1.54, 1.807) is 32.4 Å². The van der Waals surface area contributed by atoms with E-state index < -0.39 is 0 Å². The lowest BCUT2D eigenvalue weighted by molar-refractivity contribution is 0.0734. The molecule has 3 rings (SSSR count). The second kappa shape index (κ2) is 7.54. The number of nitrogens with zero attached hydrogens (tertiary/aromatic N) is 1. The number of methoxy groups -OCH3 is 2. The summed E-state index contributed by atoms with van der Waals surface area (Å²) in [4.78, 5) is 14.9. The zero-order valence-corrected chi connectivity index (χ0v) is 15.6. The Morgan fingerprint density at radius 3 is 2.60 bits per heavy atom. The lowest BCUT2D eigenvalue weighted by Gasteiger charge is -2.27. The van der Waals surface area contributed by atoms with Crippen molar-refractivity contribution >= 4 is 29.1 Å². The third kappa shape index (κ3) is 3.55. The maximum atomic E-state index is 13.0. The molecule has 1 aliphatic heterocycles. The topological polar surface area (TPSA) is 38.8 Å². The average Bonchev–Trinajstić information content (AvgIpc) is 3.10. The van der Waals surface area contributed by atoms with Gasteiger partial charge in [0.15, 0.2) is 0 Å². The fraction of sp³-hybridized carbons (Fsp3) is 0.316. The Balaban J connectivity index is 1.96. The third-order valence-electron chi connectivity index (χ3n) is 4.47. The van der Waals surface area contributed by atoms with Crippen molar-refractivity contribution in [2.45, 2.75) is 18.9 Å². The predicted octanol–water partition coefficient (Wildman–Crippen LogP) is 4.99. The van der Waals surface area contributed by atoms with Gasteiger partial charge in [0.05, 0.1) is 30.8 Å². The maximum Gasteiger partial charge on any atom is 0.255 e. The van der Waals surface area contributed by atoms with Crippen LogP contribution in [0.2, 0.25) is 10.0 Å². The van der Waals surface area contributed by atoms with E-state index in [9.17, 15) is 4.79 Å². The maximum absolute atomic E-state index is 13.0. The average molecular weight is 380 g/mol. The van der Waals surface area contributed by atoms with Crippen LogP contribution in [-0.4, -0.2) is 31.6 Å². The molecule has 1 saturated heterocycles. The molecule has 0 spiro atoms. The van der Waals surface area contributed by atoms with E-state index in [4.69, 9.17) is 32.7 Å². The highest BCUT2D eigenvalue weighted by molar-refractivity contribution is 6.36. The first kappa shape index (κ1) is 17.9. The molecular formula is C19H19Cl2NO3. The van der Waals surface area contributed by atoms with Gasteiger partial charge in [-0.15, -0.1) is 0 Å². The van der Waals surface area contributed by atoms with Crippen molar-refractivity contribution in [1.29, 1.82) is 0 Å². The summed E-state index contributed by atoms with van der Waals surface area (Å²) < 4.78 is 10.8. The molecule has 1 heterocycles. The van der Waals surface area contributed by atoms with Gasteiger partial charge in [-0.05, 0) is 49.2 Å². The molecule has 0 N–H and O–H groups in total. The summed E-state index contributed by atoms with van der Waals surface area (Å²) in [6.45, 7) is 0.669.